The normalized spacial score (nSPS) is 18.6. The van der Waals surface area contributed by atoms with Gasteiger partial charge in [0.2, 0.25) is 10.0 Å². The van der Waals surface area contributed by atoms with Gasteiger partial charge in [-0.3, -0.25) is 4.79 Å². The molecule has 7 nitrogen and oxygen atoms in total. The van der Waals surface area contributed by atoms with Crippen molar-refractivity contribution in [3.63, 3.8) is 0 Å². The quantitative estimate of drug-likeness (QED) is 0.791. The highest BCUT2D eigenvalue weighted by atomic mass is 32.2. The van der Waals surface area contributed by atoms with Crippen molar-refractivity contribution in [1.29, 1.82) is 0 Å². The fraction of sp³-hybridized carbons (Fsp3) is 0.545. The lowest BCUT2D eigenvalue weighted by atomic mass is 10.1. The Morgan fingerprint density at radius 2 is 1.83 bits per heavy atom. The molecule has 0 bridgehead atoms. The predicted octanol–water partition coefficient (Wildman–Crippen LogP) is 2.82. The molecule has 2 aliphatic heterocycles. The molecular formula is C22H30N4O3S. The number of piperidine rings is 1. The molecular weight excluding hydrogens is 400 g/mol. The molecule has 0 radical (unpaired) electrons. The second-order valence-corrected chi connectivity index (χ2v) is 10.4. The van der Waals surface area contributed by atoms with E-state index in [2.05, 4.69) is 9.88 Å². The Kier molecular flexibility index (Phi) is 6.24. The van der Waals surface area contributed by atoms with E-state index in [1.165, 1.54) is 4.31 Å². The van der Waals surface area contributed by atoms with Gasteiger partial charge >= 0.3 is 0 Å². The lowest BCUT2D eigenvalue weighted by Gasteiger charge is -2.31. The number of aromatic nitrogens is 2. The third-order valence-electron chi connectivity index (χ3n) is 6.16. The van der Waals surface area contributed by atoms with E-state index in [4.69, 9.17) is 4.98 Å². The van der Waals surface area contributed by atoms with Gasteiger partial charge in [0.1, 0.15) is 11.5 Å². The standard InChI is InChI=1S/C22H30N4O3S/c1-2-30(28,29)25-15-12-18(13-16-25)23-22(27)20-19-11-7-4-8-14-26(19)21(24-20)17-9-5-3-6-10-17/h3,5-6,9-10,18H,2,4,7-8,11-16H2,1H3,(H,23,27). The van der Waals surface area contributed by atoms with E-state index < -0.39 is 10.0 Å². The van der Waals surface area contributed by atoms with Crippen molar-refractivity contribution in [2.24, 2.45) is 0 Å². The number of carbonyl (C=O) groups excluding carboxylic acids is 1. The summed E-state index contributed by atoms with van der Waals surface area (Å²) >= 11 is 0. The van der Waals surface area contributed by atoms with Crippen LogP contribution in [0.3, 0.4) is 0 Å². The van der Waals surface area contributed by atoms with E-state index in [9.17, 15) is 13.2 Å². The van der Waals surface area contributed by atoms with Crippen LogP contribution in [0.15, 0.2) is 30.3 Å². The lowest BCUT2D eigenvalue weighted by Crippen LogP contribution is -2.47. The largest absolute Gasteiger partial charge is 0.348 e. The van der Waals surface area contributed by atoms with Crippen molar-refractivity contribution >= 4 is 15.9 Å². The van der Waals surface area contributed by atoms with Gasteiger partial charge in [-0.25, -0.2) is 17.7 Å². The molecule has 162 valence electrons. The molecule has 1 aromatic heterocycles. The maximum Gasteiger partial charge on any atom is 0.272 e. The summed E-state index contributed by atoms with van der Waals surface area (Å²) in [7, 11) is -3.16. The Labute approximate surface area is 178 Å². The first-order valence-electron chi connectivity index (χ1n) is 10.9. The number of hydrogen-bond donors (Lipinski definition) is 1. The highest BCUT2D eigenvalue weighted by molar-refractivity contribution is 7.89. The number of nitrogens with one attached hydrogen (secondary N) is 1. The first kappa shape index (κ1) is 21.1. The van der Waals surface area contributed by atoms with Crippen LogP contribution in [-0.4, -0.2) is 53.1 Å². The number of amides is 1. The van der Waals surface area contributed by atoms with Crippen molar-refractivity contribution in [3.05, 3.63) is 41.7 Å². The summed E-state index contributed by atoms with van der Waals surface area (Å²) in [6.45, 7) is 3.46. The van der Waals surface area contributed by atoms with Crippen LogP contribution in [0.1, 0.15) is 55.2 Å². The highest BCUT2D eigenvalue weighted by Crippen LogP contribution is 2.27. The van der Waals surface area contributed by atoms with Gasteiger partial charge < -0.3 is 9.88 Å². The van der Waals surface area contributed by atoms with Crippen LogP contribution in [0, 0.1) is 0 Å². The third-order valence-corrected chi connectivity index (χ3v) is 8.04. The van der Waals surface area contributed by atoms with Crippen LogP contribution < -0.4 is 5.32 Å². The number of hydrogen-bond acceptors (Lipinski definition) is 4. The third kappa shape index (κ3) is 4.30. The fourth-order valence-corrected chi connectivity index (χ4v) is 5.56. The molecule has 2 aliphatic rings. The minimum Gasteiger partial charge on any atom is -0.348 e. The molecule has 1 amide bonds. The van der Waals surface area contributed by atoms with Crippen molar-refractivity contribution in [1.82, 2.24) is 19.2 Å². The molecule has 1 aromatic carbocycles. The molecule has 0 unspecified atom stereocenters. The average molecular weight is 431 g/mol. The Bertz CT molecular complexity index is 993. The summed E-state index contributed by atoms with van der Waals surface area (Å²) in [6, 6.07) is 10.0. The van der Waals surface area contributed by atoms with E-state index in [1.807, 2.05) is 30.3 Å². The molecule has 0 saturated carbocycles. The molecule has 1 saturated heterocycles. The number of rotatable bonds is 5. The monoisotopic (exact) mass is 430 g/mol. The SMILES string of the molecule is CCS(=O)(=O)N1CCC(NC(=O)c2nc(-c3ccccc3)n3c2CCCCC3)CC1. The Balaban J connectivity index is 1.53. The van der Waals surface area contributed by atoms with Gasteiger partial charge in [-0.1, -0.05) is 36.8 Å². The molecule has 0 spiro atoms. The molecule has 1 N–H and O–H groups in total. The van der Waals surface area contributed by atoms with Gasteiger partial charge in [0.15, 0.2) is 0 Å². The van der Waals surface area contributed by atoms with Crippen LogP contribution in [0.25, 0.3) is 11.4 Å². The minimum absolute atomic E-state index is 0.0240. The number of imidazole rings is 1. The van der Waals surface area contributed by atoms with Crippen LogP contribution in [-0.2, 0) is 23.0 Å². The van der Waals surface area contributed by atoms with Gasteiger partial charge in [0.25, 0.3) is 5.91 Å². The van der Waals surface area contributed by atoms with Gasteiger partial charge in [0.05, 0.1) is 11.4 Å². The number of sulfonamides is 1. The predicted molar refractivity (Wildman–Crippen MR) is 117 cm³/mol. The summed E-state index contributed by atoms with van der Waals surface area (Å²) in [5.41, 5.74) is 2.58. The van der Waals surface area contributed by atoms with E-state index in [-0.39, 0.29) is 17.7 Å². The van der Waals surface area contributed by atoms with Crippen LogP contribution >= 0.6 is 0 Å². The zero-order chi connectivity index (χ0) is 21.1. The summed E-state index contributed by atoms with van der Waals surface area (Å²) in [6.07, 6.45) is 5.43. The average Bonchev–Trinajstić information content (AvgIpc) is 2.96. The summed E-state index contributed by atoms with van der Waals surface area (Å²) < 4.78 is 27.9. The molecule has 0 atom stereocenters. The van der Waals surface area contributed by atoms with Crippen molar-refractivity contribution in [2.45, 2.75) is 58.0 Å². The van der Waals surface area contributed by atoms with Crippen LogP contribution in [0.5, 0.6) is 0 Å². The van der Waals surface area contributed by atoms with Gasteiger partial charge in [-0.15, -0.1) is 0 Å². The molecule has 3 heterocycles. The Hall–Kier alpha value is -2.19. The highest BCUT2D eigenvalue weighted by Gasteiger charge is 2.30. The zero-order valence-electron chi connectivity index (χ0n) is 17.5. The van der Waals surface area contributed by atoms with E-state index in [0.717, 1.165) is 49.3 Å². The van der Waals surface area contributed by atoms with Gasteiger partial charge in [0, 0.05) is 31.2 Å². The summed E-state index contributed by atoms with van der Waals surface area (Å²) in [4.78, 5) is 17.9. The number of nitrogens with zero attached hydrogens (tertiary/aromatic N) is 3. The molecule has 1 fully saturated rings. The summed E-state index contributed by atoms with van der Waals surface area (Å²) in [5, 5.41) is 3.12. The minimum atomic E-state index is -3.16. The van der Waals surface area contributed by atoms with E-state index in [0.29, 0.717) is 31.6 Å². The van der Waals surface area contributed by atoms with Gasteiger partial charge in [-0.2, -0.15) is 0 Å². The fourth-order valence-electron chi connectivity index (χ4n) is 4.42. The number of benzene rings is 1. The molecule has 4 rings (SSSR count). The summed E-state index contributed by atoms with van der Waals surface area (Å²) in [5.74, 6) is 0.841. The Morgan fingerprint density at radius 3 is 2.53 bits per heavy atom. The van der Waals surface area contributed by atoms with Gasteiger partial charge in [-0.05, 0) is 39.0 Å². The number of carbonyl (C=O) groups is 1. The first-order chi connectivity index (χ1) is 14.5. The first-order valence-corrected chi connectivity index (χ1v) is 12.5. The van der Waals surface area contributed by atoms with E-state index >= 15 is 0 Å². The maximum absolute atomic E-state index is 13.2. The molecule has 30 heavy (non-hydrogen) atoms. The molecule has 2 aromatic rings. The lowest BCUT2D eigenvalue weighted by molar-refractivity contribution is 0.0918. The van der Waals surface area contributed by atoms with Crippen molar-refractivity contribution in [3.8, 4) is 11.4 Å². The zero-order valence-corrected chi connectivity index (χ0v) is 18.3. The second-order valence-electron chi connectivity index (χ2n) is 8.11. The van der Waals surface area contributed by atoms with Crippen molar-refractivity contribution in [2.75, 3.05) is 18.8 Å². The van der Waals surface area contributed by atoms with Crippen LogP contribution in [0.2, 0.25) is 0 Å². The maximum atomic E-state index is 13.2. The van der Waals surface area contributed by atoms with Crippen LogP contribution in [0.4, 0.5) is 0 Å². The molecule has 0 aliphatic carbocycles. The smallest absolute Gasteiger partial charge is 0.272 e. The second kappa shape index (κ2) is 8.89. The molecule has 8 heteroatoms. The van der Waals surface area contributed by atoms with E-state index in [1.54, 1.807) is 6.92 Å². The topological polar surface area (TPSA) is 84.3 Å². The van der Waals surface area contributed by atoms with Crippen molar-refractivity contribution < 1.29 is 13.2 Å². The number of fused-ring (bicyclic) bond motifs is 1. The Morgan fingerprint density at radius 1 is 1.10 bits per heavy atom.